The summed E-state index contributed by atoms with van der Waals surface area (Å²) in [6.45, 7) is 4.10. The van der Waals surface area contributed by atoms with Crippen LogP contribution in [-0.2, 0) is 11.8 Å². The van der Waals surface area contributed by atoms with Crippen LogP contribution in [0.15, 0.2) is 30.6 Å². The van der Waals surface area contributed by atoms with Gasteiger partial charge in [0.15, 0.2) is 0 Å². The molecule has 0 bridgehead atoms. The molecule has 0 aliphatic carbocycles. The lowest BCUT2D eigenvalue weighted by Gasteiger charge is -2.12. The van der Waals surface area contributed by atoms with Crippen LogP contribution in [0.2, 0.25) is 0 Å². The van der Waals surface area contributed by atoms with Crippen molar-refractivity contribution >= 4 is 34.8 Å². The number of halogens is 1. The number of aryl methyl sites for hydroxylation is 3. The average Bonchev–Trinajstić information content (AvgIpc) is 3.18. The molecule has 2 heterocycles. The lowest BCUT2D eigenvalue weighted by Crippen LogP contribution is -2.30. The highest BCUT2D eigenvalue weighted by molar-refractivity contribution is 7.18. The maximum atomic E-state index is 12.5. The molecule has 3 rings (SSSR count). The predicted molar refractivity (Wildman–Crippen MR) is 106 cm³/mol. The zero-order valence-corrected chi connectivity index (χ0v) is 16.6. The Morgan fingerprint density at radius 3 is 2.65 bits per heavy atom. The standard InChI is InChI=1S/C17H20N6OS.ClH/c1-10-5-6-13(11(2)7-10)16-21-22-17(25-16)20-15(24)14(18-3)12-8-19-23(4)9-12;/h5-9,14,18H,1-4H3,(H,20,22,24);1H. The summed E-state index contributed by atoms with van der Waals surface area (Å²) in [5.74, 6) is -0.196. The van der Waals surface area contributed by atoms with E-state index >= 15 is 0 Å². The second-order valence-corrected chi connectivity index (χ2v) is 6.87. The normalized spacial score (nSPS) is 11.7. The van der Waals surface area contributed by atoms with E-state index in [0.29, 0.717) is 5.13 Å². The van der Waals surface area contributed by atoms with Crippen LogP contribution < -0.4 is 10.6 Å². The second kappa shape index (κ2) is 8.39. The molecule has 138 valence electrons. The highest BCUT2D eigenvalue weighted by Gasteiger charge is 2.21. The number of likely N-dealkylation sites (N-methyl/N-ethyl adjacent to an activating group) is 1. The van der Waals surface area contributed by atoms with Crippen molar-refractivity contribution in [3.8, 4) is 10.6 Å². The third kappa shape index (κ3) is 4.27. The summed E-state index contributed by atoms with van der Waals surface area (Å²) in [6.07, 6.45) is 3.48. The Labute approximate surface area is 162 Å². The van der Waals surface area contributed by atoms with E-state index < -0.39 is 6.04 Å². The maximum Gasteiger partial charge on any atom is 0.248 e. The minimum Gasteiger partial charge on any atom is -0.305 e. The lowest BCUT2D eigenvalue weighted by molar-refractivity contribution is -0.118. The van der Waals surface area contributed by atoms with Crippen LogP contribution in [0.5, 0.6) is 0 Å². The van der Waals surface area contributed by atoms with E-state index in [2.05, 4.69) is 38.9 Å². The van der Waals surface area contributed by atoms with Crippen LogP contribution in [0.25, 0.3) is 10.6 Å². The molecule has 2 aromatic heterocycles. The number of hydrogen-bond donors (Lipinski definition) is 2. The molecule has 26 heavy (non-hydrogen) atoms. The van der Waals surface area contributed by atoms with Crippen molar-refractivity contribution in [3.63, 3.8) is 0 Å². The fourth-order valence-electron chi connectivity index (χ4n) is 2.65. The monoisotopic (exact) mass is 392 g/mol. The van der Waals surface area contributed by atoms with E-state index in [1.54, 1.807) is 17.9 Å². The summed E-state index contributed by atoms with van der Waals surface area (Å²) in [4.78, 5) is 12.5. The largest absolute Gasteiger partial charge is 0.305 e. The third-order valence-electron chi connectivity index (χ3n) is 3.88. The van der Waals surface area contributed by atoms with Crippen molar-refractivity contribution in [3.05, 3.63) is 47.3 Å². The molecule has 0 saturated heterocycles. The molecule has 0 fully saturated rings. The Morgan fingerprint density at radius 1 is 1.27 bits per heavy atom. The smallest absolute Gasteiger partial charge is 0.248 e. The minimum absolute atomic E-state index is 0. The summed E-state index contributed by atoms with van der Waals surface area (Å²) < 4.78 is 1.66. The summed E-state index contributed by atoms with van der Waals surface area (Å²) in [6, 6.07) is 5.68. The number of nitrogens with zero attached hydrogens (tertiary/aromatic N) is 4. The second-order valence-electron chi connectivity index (χ2n) is 5.89. The van der Waals surface area contributed by atoms with Gasteiger partial charge in [-0.2, -0.15) is 5.10 Å². The van der Waals surface area contributed by atoms with Crippen LogP contribution >= 0.6 is 23.7 Å². The molecule has 0 spiro atoms. The van der Waals surface area contributed by atoms with Crippen LogP contribution in [-0.4, -0.2) is 32.9 Å². The molecule has 0 aliphatic rings. The molecule has 3 aromatic rings. The third-order valence-corrected chi connectivity index (χ3v) is 4.75. The number of carbonyl (C=O) groups is 1. The van der Waals surface area contributed by atoms with Crippen molar-refractivity contribution in [2.24, 2.45) is 7.05 Å². The Morgan fingerprint density at radius 2 is 2.04 bits per heavy atom. The minimum atomic E-state index is -0.498. The first-order valence-electron chi connectivity index (χ1n) is 7.85. The zero-order chi connectivity index (χ0) is 18.0. The van der Waals surface area contributed by atoms with Crippen molar-refractivity contribution in [1.29, 1.82) is 0 Å². The van der Waals surface area contributed by atoms with Gasteiger partial charge in [-0.25, -0.2) is 0 Å². The van der Waals surface area contributed by atoms with Gasteiger partial charge in [0.1, 0.15) is 11.0 Å². The van der Waals surface area contributed by atoms with E-state index in [4.69, 9.17) is 0 Å². The number of hydrogen-bond acceptors (Lipinski definition) is 6. The van der Waals surface area contributed by atoms with E-state index in [1.807, 2.05) is 32.3 Å². The molecular formula is C17H21ClN6OS. The Bertz CT molecular complexity index is 906. The van der Waals surface area contributed by atoms with E-state index in [0.717, 1.165) is 21.7 Å². The fourth-order valence-corrected chi connectivity index (χ4v) is 3.49. The number of rotatable bonds is 5. The van der Waals surface area contributed by atoms with Crippen molar-refractivity contribution in [2.45, 2.75) is 19.9 Å². The van der Waals surface area contributed by atoms with Gasteiger partial charge >= 0.3 is 0 Å². The quantitative estimate of drug-likeness (QED) is 0.697. The van der Waals surface area contributed by atoms with Gasteiger partial charge in [0.2, 0.25) is 11.0 Å². The molecule has 2 N–H and O–H groups in total. The molecular weight excluding hydrogens is 372 g/mol. The number of nitrogens with one attached hydrogen (secondary N) is 2. The number of benzene rings is 1. The van der Waals surface area contributed by atoms with Gasteiger partial charge in [-0.1, -0.05) is 35.1 Å². The number of aromatic nitrogens is 4. The Balaban J connectivity index is 0.00000243. The first-order valence-corrected chi connectivity index (χ1v) is 8.67. The Kier molecular flexibility index (Phi) is 6.47. The number of carbonyl (C=O) groups excluding carboxylic acids is 1. The van der Waals surface area contributed by atoms with Gasteiger partial charge in [-0.15, -0.1) is 22.6 Å². The van der Waals surface area contributed by atoms with Gasteiger partial charge < -0.3 is 5.32 Å². The molecule has 1 aromatic carbocycles. The van der Waals surface area contributed by atoms with Gasteiger partial charge in [0.25, 0.3) is 0 Å². The zero-order valence-electron chi connectivity index (χ0n) is 15.0. The van der Waals surface area contributed by atoms with Crippen LogP contribution in [0, 0.1) is 13.8 Å². The molecule has 0 aliphatic heterocycles. The summed E-state index contributed by atoms with van der Waals surface area (Å²) in [5, 5.41) is 19.5. The van der Waals surface area contributed by atoms with Gasteiger partial charge in [0, 0.05) is 24.4 Å². The average molecular weight is 393 g/mol. The van der Waals surface area contributed by atoms with E-state index in [1.165, 1.54) is 16.9 Å². The molecule has 1 atom stereocenters. The van der Waals surface area contributed by atoms with Crippen LogP contribution in [0.4, 0.5) is 5.13 Å². The highest BCUT2D eigenvalue weighted by Crippen LogP contribution is 2.29. The van der Waals surface area contributed by atoms with Gasteiger partial charge in [0.05, 0.1) is 6.20 Å². The first kappa shape index (κ1) is 20.0. The van der Waals surface area contributed by atoms with Gasteiger partial charge in [-0.3, -0.25) is 14.8 Å². The summed E-state index contributed by atoms with van der Waals surface area (Å²) >= 11 is 1.36. The maximum absolute atomic E-state index is 12.5. The summed E-state index contributed by atoms with van der Waals surface area (Å²) in [7, 11) is 3.55. The lowest BCUT2D eigenvalue weighted by atomic mass is 10.1. The molecule has 1 amide bonds. The predicted octanol–water partition coefficient (Wildman–Crippen LogP) is 2.88. The van der Waals surface area contributed by atoms with Crippen molar-refractivity contribution < 1.29 is 4.79 Å². The molecule has 7 nitrogen and oxygen atoms in total. The first-order chi connectivity index (χ1) is 12.0. The molecule has 1 unspecified atom stereocenters. The Hall–Kier alpha value is -2.29. The van der Waals surface area contributed by atoms with E-state index in [9.17, 15) is 4.79 Å². The van der Waals surface area contributed by atoms with Crippen molar-refractivity contribution in [1.82, 2.24) is 25.3 Å². The molecule has 0 radical (unpaired) electrons. The fraction of sp³-hybridized carbons (Fsp3) is 0.294. The van der Waals surface area contributed by atoms with E-state index in [-0.39, 0.29) is 18.3 Å². The molecule has 0 saturated carbocycles. The van der Waals surface area contributed by atoms with Crippen LogP contribution in [0.1, 0.15) is 22.7 Å². The summed E-state index contributed by atoms with van der Waals surface area (Å²) in [5.41, 5.74) is 4.16. The SMILES string of the molecule is CNC(C(=O)Nc1nnc(-c2ccc(C)cc2C)s1)c1cnn(C)c1.Cl. The van der Waals surface area contributed by atoms with Crippen molar-refractivity contribution in [2.75, 3.05) is 12.4 Å². The molecule has 9 heteroatoms. The van der Waals surface area contributed by atoms with Gasteiger partial charge in [-0.05, 0) is 26.5 Å². The number of amides is 1. The highest BCUT2D eigenvalue weighted by atomic mass is 35.5. The topological polar surface area (TPSA) is 84.7 Å². The number of anilines is 1. The van der Waals surface area contributed by atoms with Crippen LogP contribution in [0.3, 0.4) is 0 Å².